The van der Waals surface area contributed by atoms with Crippen LogP contribution in [0.2, 0.25) is 0 Å². The molecule has 3 nitrogen and oxygen atoms in total. The highest BCUT2D eigenvalue weighted by Gasteiger charge is 2.07. The van der Waals surface area contributed by atoms with Gasteiger partial charge in [-0.2, -0.15) is 0 Å². The van der Waals surface area contributed by atoms with Gasteiger partial charge in [-0.15, -0.1) is 0 Å². The first-order valence-corrected chi connectivity index (χ1v) is 5.28. The van der Waals surface area contributed by atoms with E-state index >= 15 is 0 Å². The van der Waals surface area contributed by atoms with E-state index in [0.717, 1.165) is 36.2 Å². The molecule has 0 aliphatic carbocycles. The molecule has 0 saturated carbocycles. The van der Waals surface area contributed by atoms with Gasteiger partial charge in [0.1, 0.15) is 0 Å². The van der Waals surface area contributed by atoms with E-state index in [1.165, 1.54) is 5.57 Å². The Labute approximate surface area is 88.2 Å². The lowest BCUT2D eigenvalue weighted by Crippen LogP contribution is -2.21. The van der Waals surface area contributed by atoms with E-state index in [-0.39, 0.29) is 0 Å². The number of aromatic amines is 1. The Morgan fingerprint density at radius 3 is 3.07 bits per heavy atom. The lowest BCUT2D eigenvalue weighted by molar-refractivity contribution is 0.737. The van der Waals surface area contributed by atoms with E-state index in [2.05, 4.69) is 33.5 Å². The van der Waals surface area contributed by atoms with E-state index in [0.29, 0.717) is 0 Å². The summed E-state index contributed by atoms with van der Waals surface area (Å²) in [4.78, 5) is 7.77. The minimum absolute atomic E-state index is 0.933. The van der Waals surface area contributed by atoms with Crippen molar-refractivity contribution in [3.63, 3.8) is 0 Å². The average Bonchev–Trinajstić information content (AvgIpc) is 2.77. The van der Waals surface area contributed by atoms with Gasteiger partial charge in [-0.05, 0) is 36.7 Å². The Morgan fingerprint density at radius 1 is 1.20 bits per heavy atom. The molecule has 0 aromatic carbocycles. The fourth-order valence-electron chi connectivity index (χ4n) is 1.95. The third kappa shape index (κ3) is 1.55. The highest BCUT2D eigenvalue weighted by atomic mass is 14.9. The number of pyridine rings is 1. The molecule has 3 heteroatoms. The molecule has 2 aromatic heterocycles. The second kappa shape index (κ2) is 3.51. The predicted molar refractivity (Wildman–Crippen MR) is 61.6 cm³/mol. The summed E-state index contributed by atoms with van der Waals surface area (Å²) in [6.45, 7) is 2.01. The zero-order chi connectivity index (χ0) is 10.1. The van der Waals surface area contributed by atoms with Crippen LogP contribution < -0.4 is 5.32 Å². The monoisotopic (exact) mass is 199 g/mol. The molecule has 2 aromatic rings. The van der Waals surface area contributed by atoms with Crippen LogP contribution in [-0.2, 0) is 0 Å². The number of fused-ring (bicyclic) bond motifs is 1. The molecule has 0 bridgehead atoms. The van der Waals surface area contributed by atoms with Crippen molar-refractivity contribution < 1.29 is 0 Å². The van der Waals surface area contributed by atoms with Crippen LogP contribution in [0.3, 0.4) is 0 Å². The molecular formula is C12H13N3. The molecule has 15 heavy (non-hydrogen) atoms. The SMILES string of the molecule is C1=C(c2ccc3[nH]ccc3n2)CNCC1. The summed E-state index contributed by atoms with van der Waals surface area (Å²) in [5.41, 5.74) is 4.54. The van der Waals surface area contributed by atoms with Gasteiger partial charge in [0.2, 0.25) is 0 Å². The highest BCUT2D eigenvalue weighted by Crippen LogP contribution is 2.18. The number of nitrogens with zero attached hydrogens (tertiary/aromatic N) is 1. The van der Waals surface area contributed by atoms with Gasteiger partial charge in [-0.3, -0.25) is 0 Å². The minimum atomic E-state index is 0.933. The predicted octanol–water partition coefficient (Wildman–Crippen LogP) is 1.94. The van der Waals surface area contributed by atoms with Crippen LogP contribution in [0, 0.1) is 0 Å². The number of rotatable bonds is 1. The third-order valence-corrected chi connectivity index (χ3v) is 2.76. The number of nitrogens with one attached hydrogen (secondary N) is 2. The fourth-order valence-corrected chi connectivity index (χ4v) is 1.95. The molecule has 0 radical (unpaired) electrons. The summed E-state index contributed by atoms with van der Waals surface area (Å²) in [6, 6.07) is 6.18. The van der Waals surface area contributed by atoms with Crippen LogP contribution in [-0.4, -0.2) is 23.1 Å². The van der Waals surface area contributed by atoms with Gasteiger partial charge in [0, 0.05) is 12.7 Å². The Balaban J connectivity index is 2.06. The van der Waals surface area contributed by atoms with E-state index < -0.39 is 0 Å². The van der Waals surface area contributed by atoms with E-state index in [9.17, 15) is 0 Å². The zero-order valence-electron chi connectivity index (χ0n) is 8.46. The summed E-state index contributed by atoms with van der Waals surface area (Å²) >= 11 is 0. The Hall–Kier alpha value is -1.61. The summed E-state index contributed by atoms with van der Waals surface area (Å²) < 4.78 is 0. The molecule has 0 saturated heterocycles. The molecule has 0 fully saturated rings. The lowest BCUT2D eigenvalue weighted by atomic mass is 10.1. The summed E-state index contributed by atoms with van der Waals surface area (Å²) in [5, 5.41) is 3.36. The van der Waals surface area contributed by atoms with Gasteiger partial charge in [-0.25, -0.2) is 4.98 Å². The van der Waals surface area contributed by atoms with Crippen molar-refractivity contribution in [3.8, 4) is 0 Å². The maximum Gasteiger partial charge on any atom is 0.0886 e. The van der Waals surface area contributed by atoms with Gasteiger partial charge in [0.05, 0.1) is 16.7 Å². The molecule has 2 N–H and O–H groups in total. The highest BCUT2D eigenvalue weighted by molar-refractivity contribution is 5.78. The van der Waals surface area contributed by atoms with E-state index in [1.807, 2.05) is 12.3 Å². The topological polar surface area (TPSA) is 40.7 Å². The molecular weight excluding hydrogens is 186 g/mol. The first kappa shape index (κ1) is 8.68. The van der Waals surface area contributed by atoms with Crippen molar-refractivity contribution in [1.29, 1.82) is 0 Å². The van der Waals surface area contributed by atoms with Crippen LogP contribution in [0.1, 0.15) is 12.1 Å². The first-order chi connectivity index (χ1) is 7.43. The number of hydrogen-bond donors (Lipinski definition) is 2. The standard InChI is InChI=1S/C12H13N3/c1-2-9(8-13-6-1)10-3-4-11-12(15-10)5-7-14-11/h2-5,7,13-14H,1,6,8H2. The molecule has 76 valence electrons. The molecule has 3 heterocycles. The summed E-state index contributed by atoms with van der Waals surface area (Å²) in [7, 11) is 0. The van der Waals surface area contributed by atoms with Crippen LogP contribution in [0.15, 0.2) is 30.5 Å². The number of aromatic nitrogens is 2. The van der Waals surface area contributed by atoms with Crippen LogP contribution >= 0.6 is 0 Å². The fraction of sp³-hybridized carbons (Fsp3) is 0.250. The van der Waals surface area contributed by atoms with Crippen molar-refractivity contribution in [1.82, 2.24) is 15.3 Å². The molecule has 1 aliphatic heterocycles. The van der Waals surface area contributed by atoms with Crippen LogP contribution in [0.4, 0.5) is 0 Å². The minimum Gasteiger partial charge on any atom is -0.360 e. The second-order valence-electron chi connectivity index (χ2n) is 3.80. The molecule has 0 unspecified atom stereocenters. The third-order valence-electron chi connectivity index (χ3n) is 2.76. The maximum absolute atomic E-state index is 4.62. The lowest BCUT2D eigenvalue weighted by Gasteiger charge is -2.13. The van der Waals surface area contributed by atoms with E-state index in [1.54, 1.807) is 0 Å². The average molecular weight is 199 g/mol. The molecule has 1 aliphatic rings. The quantitative estimate of drug-likeness (QED) is 0.737. The van der Waals surface area contributed by atoms with Crippen molar-refractivity contribution in [2.24, 2.45) is 0 Å². The van der Waals surface area contributed by atoms with Crippen molar-refractivity contribution in [2.75, 3.05) is 13.1 Å². The normalized spacial score (nSPS) is 16.7. The molecule has 0 spiro atoms. The van der Waals surface area contributed by atoms with Crippen molar-refractivity contribution >= 4 is 16.6 Å². The summed E-state index contributed by atoms with van der Waals surface area (Å²) in [6.07, 6.45) is 5.30. The molecule has 3 rings (SSSR count). The maximum atomic E-state index is 4.62. The van der Waals surface area contributed by atoms with Crippen molar-refractivity contribution in [3.05, 3.63) is 36.2 Å². The largest absolute Gasteiger partial charge is 0.360 e. The number of H-pyrrole nitrogens is 1. The Bertz CT molecular complexity index is 510. The zero-order valence-corrected chi connectivity index (χ0v) is 8.46. The second-order valence-corrected chi connectivity index (χ2v) is 3.80. The van der Waals surface area contributed by atoms with Gasteiger partial charge < -0.3 is 10.3 Å². The van der Waals surface area contributed by atoms with E-state index in [4.69, 9.17) is 0 Å². The van der Waals surface area contributed by atoms with Crippen molar-refractivity contribution in [2.45, 2.75) is 6.42 Å². The Kier molecular flexibility index (Phi) is 2.03. The van der Waals surface area contributed by atoms with Crippen LogP contribution in [0.5, 0.6) is 0 Å². The van der Waals surface area contributed by atoms with Crippen LogP contribution in [0.25, 0.3) is 16.6 Å². The first-order valence-electron chi connectivity index (χ1n) is 5.28. The summed E-state index contributed by atoms with van der Waals surface area (Å²) in [5.74, 6) is 0. The molecule has 0 amide bonds. The number of hydrogen-bond acceptors (Lipinski definition) is 2. The molecule has 0 atom stereocenters. The van der Waals surface area contributed by atoms with Gasteiger partial charge in [0.15, 0.2) is 0 Å². The van der Waals surface area contributed by atoms with Gasteiger partial charge in [0.25, 0.3) is 0 Å². The smallest absolute Gasteiger partial charge is 0.0886 e. The van der Waals surface area contributed by atoms with Gasteiger partial charge >= 0.3 is 0 Å². The Morgan fingerprint density at radius 2 is 2.20 bits per heavy atom. The van der Waals surface area contributed by atoms with Gasteiger partial charge in [-0.1, -0.05) is 6.08 Å².